The van der Waals surface area contributed by atoms with Crippen LogP contribution in [0.2, 0.25) is 0 Å². The molecule has 5 nitrogen and oxygen atoms in total. The molecule has 0 aliphatic carbocycles. The second-order valence-electron chi connectivity index (χ2n) is 6.78. The number of carbonyl (C=O) groups is 1. The molecular formula is C22H21F3N2O3. The zero-order valence-electron chi connectivity index (χ0n) is 16.5. The summed E-state index contributed by atoms with van der Waals surface area (Å²) >= 11 is 0. The smallest absolute Gasteiger partial charge is 0.416 e. The van der Waals surface area contributed by atoms with E-state index in [2.05, 4.69) is 10.3 Å². The van der Waals surface area contributed by atoms with Gasteiger partial charge in [-0.05, 0) is 36.8 Å². The van der Waals surface area contributed by atoms with Crippen LogP contribution < -0.4 is 10.1 Å². The first-order chi connectivity index (χ1) is 14.3. The summed E-state index contributed by atoms with van der Waals surface area (Å²) in [5.41, 5.74) is 0.992. The largest absolute Gasteiger partial charge is 0.496 e. The van der Waals surface area contributed by atoms with Crippen LogP contribution in [0.1, 0.15) is 29.3 Å². The summed E-state index contributed by atoms with van der Waals surface area (Å²) in [6.07, 6.45) is -3.83. The van der Waals surface area contributed by atoms with Crippen molar-refractivity contribution in [3.05, 3.63) is 59.7 Å². The van der Waals surface area contributed by atoms with Crippen molar-refractivity contribution in [2.45, 2.75) is 25.6 Å². The van der Waals surface area contributed by atoms with Crippen LogP contribution >= 0.6 is 0 Å². The number of hydrogen-bond acceptors (Lipinski definition) is 4. The number of carbonyl (C=O) groups excluding carboxylic acids is 1. The number of nitrogens with one attached hydrogen (secondary N) is 1. The maximum Gasteiger partial charge on any atom is 0.416 e. The van der Waals surface area contributed by atoms with Crippen molar-refractivity contribution in [1.29, 1.82) is 0 Å². The molecule has 2 aromatic carbocycles. The molecule has 1 amide bonds. The normalized spacial score (nSPS) is 12.6. The molecule has 1 atom stereocenters. The van der Waals surface area contributed by atoms with Gasteiger partial charge in [0, 0.05) is 22.6 Å². The van der Waals surface area contributed by atoms with Crippen LogP contribution in [0.4, 0.5) is 13.2 Å². The molecule has 3 rings (SSSR count). The number of alkyl halides is 3. The van der Waals surface area contributed by atoms with Gasteiger partial charge >= 0.3 is 6.18 Å². The van der Waals surface area contributed by atoms with Crippen molar-refractivity contribution in [1.82, 2.24) is 10.3 Å². The summed E-state index contributed by atoms with van der Waals surface area (Å²) in [5, 5.41) is 12.7. The highest BCUT2D eigenvalue weighted by atomic mass is 19.4. The molecule has 0 unspecified atom stereocenters. The van der Waals surface area contributed by atoms with Gasteiger partial charge in [-0.25, -0.2) is 4.98 Å². The number of aromatic nitrogens is 1. The van der Waals surface area contributed by atoms with Crippen LogP contribution in [0.25, 0.3) is 22.2 Å². The van der Waals surface area contributed by atoms with Crippen LogP contribution in [-0.4, -0.2) is 35.8 Å². The van der Waals surface area contributed by atoms with E-state index in [1.165, 1.54) is 19.2 Å². The number of rotatable bonds is 6. The number of benzene rings is 2. The Kier molecular flexibility index (Phi) is 6.26. The summed E-state index contributed by atoms with van der Waals surface area (Å²) in [6.45, 7) is 1.68. The summed E-state index contributed by atoms with van der Waals surface area (Å²) in [4.78, 5) is 17.0. The Hall–Kier alpha value is -3.13. The minimum atomic E-state index is -4.42. The van der Waals surface area contributed by atoms with E-state index in [-0.39, 0.29) is 18.6 Å². The fourth-order valence-electron chi connectivity index (χ4n) is 3.03. The maximum atomic E-state index is 12.8. The molecule has 0 spiro atoms. The fourth-order valence-corrected chi connectivity index (χ4v) is 3.03. The van der Waals surface area contributed by atoms with Gasteiger partial charge in [0.15, 0.2) is 0 Å². The summed E-state index contributed by atoms with van der Waals surface area (Å²) in [6, 6.07) is 10.9. The molecule has 0 bridgehead atoms. The Bertz CT molecular complexity index is 1050. The van der Waals surface area contributed by atoms with E-state index in [0.717, 1.165) is 12.1 Å². The Morgan fingerprint density at radius 2 is 1.87 bits per heavy atom. The molecule has 158 valence electrons. The number of methoxy groups -OCH3 is 1. The third kappa shape index (κ3) is 4.54. The third-order valence-electron chi connectivity index (χ3n) is 4.81. The molecule has 0 radical (unpaired) electrons. The van der Waals surface area contributed by atoms with Crippen LogP contribution in [-0.2, 0) is 6.18 Å². The zero-order valence-corrected chi connectivity index (χ0v) is 16.5. The summed E-state index contributed by atoms with van der Waals surface area (Å²) in [7, 11) is 1.49. The monoisotopic (exact) mass is 418 g/mol. The molecule has 2 N–H and O–H groups in total. The second kappa shape index (κ2) is 8.71. The number of nitrogens with zero attached hydrogens (tertiary/aromatic N) is 1. The van der Waals surface area contributed by atoms with Gasteiger partial charge in [0.05, 0.1) is 36.5 Å². The SMILES string of the molecule is CC[C@H](CO)NC(=O)c1ccc2c(OC)cc(-c3ccc(C(F)(F)F)cc3)nc2c1. The van der Waals surface area contributed by atoms with Crippen molar-refractivity contribution in [3.63, 3.8) is 0 Å². The average molecular weight is 418 g/mol. The molecule has 1 heterocycles. The lowest BCUT2D eigenvalue weighted by molar-refractivity contribution is -0.137. The Labute approximate surface area is 171 Å². The number of amides is 1. The lowest BCUT2D eigenvalue weighted by atomic mass is 10.0. The number of aliphatic hydroxyl groups is 1. The van der Waals surface area contributed by atoms with E-state index in [0.29, 0.717) is 39.9 Å². The maximum absolute atomic E-state index is 12.8. The Balaban J connectivity index is 2.01. The molecule has 0 saturated heterocycles. The van der Waals surface area contributed by atoms with Crippen LogP contribution in [0, 0.1) is 0 Å². The van der Waals surface area contributed by atoms with Crippen LogP contribution in [0.5, 0.6) is 5.75 Å². The van der Waals surface area contributed by atoms with E-state index in [9.17, 15) is 23.1 Å². The van der Waals surface area contributed by atoms with Gasteiger partial charge < -0.3 is 15.2 Å². The van der Waals surface area contributed by atoms with Gasteiger partial charge in [-0.3, -0.25) is 4.79 Å². The predicted octanol–water partition coefficient (Wildman–Crippen LogP) is 4.43. The number of fused-ring (bicyclic) bond motifs is 1. The van der Waals surface area contributed by atoms with Crippen LogP contribution in [0.3, 0.4) is 0 Å². The molecule has 0 saturated carbocycles. The van der Waals surface area contributed by atoms with Gasteiger partial charge in [-0.1, -0.05) is 19.1 Å². The molecule has 3 aromatic rings. The van der Waals surface area contributed by atoms with Gasteiger partial charge in [0.2, 0.25) is 0 Å². The quantitative estimate of drug-likeness (QED) is 0.621. The number of aliphatic hydroxyl groups excluding tert-OH is 1. The van der Waals surface area contributed by atoms with Crippen molar-refractivity contribution < 1.29 is 27.8 Å². The van der Waals surface area contributed by atoms with Gasteiger partial charge in [-0.2, -0.15) is 13.2 Å². The molecule has 30 heavy (non-hydrogen) atoms. The Morgan fingerprint density at radius 1 is 1.17 bits per heavy atom. The van der Waals surface area contributed by atoms with Gasteiger partial charge in [0.1, 0.15) is 5.75 Å². The van der Waals surface area contributed by atoms with Crippen molar-refractivity contribution >= 4 is 16.8 Å². The zero-order chi connectivity index (χ0) is 21.9. The van der Waals surface area contributed by atoms with E-state index in [4.69, 9.17) is 4.74 Å². The number of halogens is 3. The molecule has 0 fully saturated rings. The highest BCUT2D eigenvalue weighted by Crippen LogP contribution is 2.33. The first-order valence-corrected chi connectivity index (χ1v) is 9.35. The van der Waals surface area contributed by atoms with E-state index >= 15 is 0 Å². The first kappa shape index (κ1) is 21.6. The second-order valence-corrected chi connectivity index (χ2v) is 6.78. The minimum absolute atomic E-state index is 0.167. The highest BCUT2D eigenvalue weighted by molar-refractivity contribution is 5.99. The first-order valence-electron chi connectivity index (χ1n) is 9.35. The van der Waals surface area contributed by atoms with E-state index in [1.54, 1.807) is 24.3 Å². The highest BCUT2D eigenvalue weighted by Gasteiger charge is 2.30. The lowest BCUT2D eigenvalue weighted by Gasteiger charge is -2.15. The minimum Gasteiger partial charge on any atom is -0.496 e. The predicted molar refractivity (Wildman–Crippen MR) is 107 cm³/mol. The average Bonchev–Trinajstić information content (AvgIpc) is 2.75. The fraction of sp³-hybridized carbons (Fsp3) is 0.273. The Morgan fingerprint density at radius 3 is 2.43 bits per heavy atom. The number of ether oxygens (including phenoxy) is 1. The number of pyridine rings is 1. The van der Waals surface area contributed by atoms with Crippen molar-refractivity contribution in [2.24, 2.45) is 0 Å². The topological polar surface area (TPSA) is 71.5 Å². The van der Waals surface area contributed by atoms with E-state index < -0.39 is 11.7 Å². The van der Waals surface area contributed by atoms with Crippen molar-refractivity contribution in [2.75, 3.05) is 13.7 Å². The molecular weight excluding hydrogens is 397 g/mol. The molecule has 1 aromatic heterocycles. The standard InChI is InChI=1S/C22H21F3N2O3/c1-3-16(12-28)26-21(29)14-6-9-17-19(10-14)27-18(11-20(17)30-2)13-4-7-15(8-5-13)22(23,24)25/h4-11,16,28H,3,12H2,1-2H3,(H,26,29)/t16-/m1/s1. The van der Waals surface area contributed by atoms with Crippen LogP contribution in [0.15, 0.2) is 48.5 Å². The van der Waals surface area contributed by atoms with E-state index in [1.807, 2.05) is 6.92 Å². The van der Waals surface area contributed by atoms with Crippen molar-refractivity contribution in [3.8, 4) is 17.0 Å². The molecule has 0 aliphatic heterocycles. The van der Waals surface area contributed by atoms with Gasteiger partial charge in [-0.15, -0.1) is 0 Å². The summed E-state index contributed by atoms with van der Waals surface area (Å²) < 4.78 is 43.9. The lowest BCUT2D eigenvalue weighted by Crippen LogP contribution is -2.36. The third-order valence-corrected chi connectivity index (χ3v) is 4.81. The summed E-state index contributed by atoms with van der Waals surface area (Å²) in [5.74, 6) is 0.141. The molecule has 0 aliphatic rings. The number of hydrogen-bond donors (Lipinski definition) is 2. The molecule has 8 heteroatoms. The van der Waals surface area contributed by atoms with Gasteiger partial charge in [0.25, 0.3) is 5.91 Å².